The fourth-order valence-electron chi connectivity index (χ4n) is 1.42. The highest BCUT2D eigenvalue weighted by Gasteiger charge is 2.16. The fourth-order valence-corrected chi connectivity index (χ4v) is 1.42. The summed E-state index contributed by atoms with van der Waals surface area (Å²) in [5.41, 5.74) is 0. The average molecular weight is 194 g/mol. The number of nitrogens with one attached hydrogen (secondary N) is 2. The molecule has 0 bridgehead atoms. The quantitative estimate of drug-likeness (QED) is 0.722. The van der Waals surface area contributed by atoms with Crippen LogP contribution in [0.5, 0.6) is 5.88 Å². The van der Waals surface area contributed by atoms with E-state index in [1.807, 2.05) is 19.2 Å². The van der Waals surface area contributed by atoms with Crippen LogP contribution in [0, 0.1) is 0 Å². The molecule has 1 unspecified atom stereocenters. The van der Waals surface area contributed by atoms with Crippen molar-refractivity contribution in [2.75, 3.05) is 25.5 Å². The topological polar surface area (TPSA) is 59.1 Å². The molecule has 1 atom stereocenters. The minimum absolute atomic E-state index is 0.240. The zero-order valence-corrected chi connectivity index (χ0v) is 8.16. The van der Waals surface area contributed by atoms with E-state index in [2.05, 4.69) is 20.8 Å². The predicted molar refractivity (Wildman–Crippen MR) is 53.5 cm³/mol. The van der Waals surface area contributed by atoms with Gasteiger partial charge >= 0.3 is 0 Å². The summed E-state index contributed by atoms with van der Waals surface area (Å²) in [5.74, 6) is 1.35. The van der Waals surface area contributed by atoms with E-state index in [0.29, 0.717) is 5.88 Å². The molecule has 5 heteroatoms. The van der Waals surface area contributed by atoms with Gasteiger partial charge in [0.2, 0.25) is 5.88 Å². The summed E-state index contributed by atoms with van der Waals surface area (Å²) < 4.78 is 5.61. The highest BCUT2D eigenvalue weighted by molar-refractivity contribution is 5.32. The molecule has 0 aliphatic carbocycles. The molecular formula is C9H14N4O. The second kappa shape index (κ2) is 4.23. The van der Waals surface area contributed by atoms with Gasteiger partial charge in [-0.15, -0.1) is 10.2 Å². The van der Waals surface area contributed by atoms with Crippen LogP contribution < -0.4 is 15.4 Å². The lowest BCUT2D eigenvalue weighted by Crippen LogP contribution is -2.20. The van der Waals surface area contributed by atoms with Gasteiger partial charge in [-0.25, -0.2) is 0 Å². The van der Waals surface area contributed by atoms with Gasteiger partial charge in [0.25, 0.3) is 0 Å². The number of ether oxygens (including phenoxy) is 1. The fraction of sp³-hybridized carbons (Fsp3) is 0.556. The maximum absolute atomic E-state index is 5.61. The Hall–Kier alpha value is -1.36. The van der Waals surface area contributed by atoms with Crippen LogP contribution in [0.1, 0.15) is 6.42 Å². The van der Waals surface area contributed by atoms with E-state index >= 15 is 0 Å². The van der Waals surface area contributed by atoms with Gasteiger partial charge in [-0.3, -0.25) is 0 Å². The molecule has 0 radical (unpaired) electrons. The van der Waals surface area contributed by atoms with Crippen LogP contribution in [0.25, 0.3) is 0 Å². The van der Waals surface area contributed by atoms with Gasteiger partial charge in [0.1, 0.15) is 11.9 Å². The Kier molecular flexibility index (Phi) is 2.78. The third-order valence-corrected chi connectivity index (χ3v) is 2.20. The number of hydrogen-bond acceptors (Lipinski definition) is 5. The van der Waals surface area contributed by atoms with Crippen molar-refractivity contribution in [3.05, 3.63) is 12.1 Å². The van der Waals surface area contributed by atoms with E-state index in [9.17, 15) is 0 Å². The van der Waals surface area contributed by atoms with E-state index in [1.54, 1.807) is 0 Å². The molecule has 2 N–H and O–H groups in total. The molecule has 76 valence electrons. The summed E-state index contributed by atoms with van der Waals surface area (Å²) in [4.78, 5) is 0. The molecule has 2 rings (SSSR count). The third-order valence-electron chi connectivity index (χ3n) is 2.20. The lowest BCUT2D eigenvalue weighted by atomic mass is 10.3. The molecule has 1 aliphatic heterocycles. The summed E-state index contributed by atoms with van der Waals surface area (Å²) in [6.45, 7) is 1.92. The van der Waals surface area contributed by atoms with Crippen LogP contribution in [0.2, 0.25) is 0 Å². The molecule has 1 fully saturated rings. The van der Waals surface area contributed by atoms with Crippen LogP contribution in [0.4, 0.5) is 5.82 Å². The number of nitrogens with zero attached hydrogens (tertiary/aromatic N) is 2. The highest BCUT2D eigenvalue weighted by Crippen LogP contribution is 2.12. The molecular weight excluding hydrogens is 180 g/mol. The average Bonchev–Trinajstić information content (AvgIpc) is 2.72. The summed E-state index contributed by atoms with van der Waals surface area (Å²) >= 11 is 0. The zero-order chi connectivity index (χ0) is 9.80. The van der Waals surface area contributed by atoms with Gasteiger partial charge < -0.3 is 15.4 Å². The molecule has 5 nitrogen and oxygen atoms in total. The SMILES string of the molecule is CNc1ccc(OC2CCNC2)nn1. The summed E-state index contributed by atoms with van der Waals surface area (Å²) in [6.07, 6.45) is 1.28. The maximum atomic E-state index is 5.61. The lowest BCUT2D eigenvalue weighted by Gasteiger charge is -2.10. The first-order chi connectivity index (χ1) is 6.88. The normalized spacial score (nSPS) is 20.8. The molecule has 2 heterocycles. The Bertz CT molecular complexity index is 281. The van der Waals surface area contributed by atoms with Crippen molar-refractivity contribution in [1.82, 2.24) is 15.5 Å². The van der Waals surface area contributed by atoms with Crippen LogP contribution in [0.3, 0.4) is 0 Å². The van der Waals surface area contributed by atoms with Crippen molar-refractivity contribution in [1.29, 1.82) is 0 Å². The molecule has 0 amide bonds. The van der Waals surface area contributed by atoms with Crippen molar-refractivity contribution < 1.29 is 4.74 Å². The first-order valence-electron chi connectivity index (χ1n) is 4.77. The summed E-state index contributed by atoms with van der Waals surface area (Å²) in [5, 5.41) is 14.0. The minimum atomic E-state index is 0.240. The Labute approximate surface area is 82.9 Å². The second-order valence-electron chi connectivity index (χ2n) is 3.24. The highest BCUT2D eigenvalue weighted by atomic mass is 16.5. The van der Waals surface area contributed by atoms with E-state index < -0.39 is 0 Å². The number of hydrogen-bond donors (Lipinski definition) is 2. The molecule has 1 aromatic heterocycles. The standard InChI is InChI=1S/C9H14N4O/c1-10-8-2-3-9(13-12-8)14-7-4-5-11-6-7/h2-3,7,11H,4-6H2,1H3,(H,10,12). The molecule has 1 saturated heterocycles. The van der Waals surface area contributed by atoms with E-state index in [0.717, 1.165) is 25.3 Å². The molecule has 1 aromatic rings. The number of anilines is 1. The Balaban J connectivity index is 1.95. The van der Waals surface area contributed by atoms with Gasteiger partial charge in [0, 0.05) is 19.7 Å². The molecule has 1 aliphatic rings. The van der Waals surface area contributed by atoms with Crippen LogP contribution in [0.15, 0.2) is 12.1 Å². The Morgan fingerprint density at radius 2 is 2.43 bits per heavy atom. The number of aromatic nitrogens is 2. The van der Waals surface area contributed by atoms with E-state index in [1.165, 1.54) is 0 Å². The van der Waals surface area contributed by atoms with E-state index in [-0.39, 0.29) is 6.10 Å². The van der Waals surface area contributed by atoms with Crippen molar-refractivity contribution in [3.8, 4) is 5.88 Å². The zero-order valence-electron chi connectivity index (χ0n) is 8.16. The van der Waals surface area contributed by atoms with E-state index in [4.69, 9.17) is 4.74 Å². The smallest absolute Gasteiger partial charge is 0.233 e. The van der Waals surface area contributed by atoms with Gasteiger partial charge in [-0.2, -0.15) is 0 Å². The van der Waals surface area contributed by atoms with Crippen molar-refractivity contribution in [2.24, 2.45) is 0 Å². The maximum Gasteiger partial charge on any atom is 0.233 e. The van der Waals surface area contributed by atoms with Gasteiger partial charge in [0.05, 0.1) is 0 Å². The monoisotopic (exact) mass is 194 g/mol. The van der Waals surface area contributed by atoms with Gasteiger partial charge in [0.15, 0.2) is 0 Å². The molecule has 0 spiro atoms. The van der Waals surface area contributed by atoms with Gasteiger partial charge in [-0.05, 0) is 19.0 Å². The van der Waals surface area contributed by atoms with Crippen molar-refractivity contribution in [2.45, 2.75) is 12.5 Å². The largest absolute Gasteiger partial charge is 0.472 e. The molecule has 0 aromatic carbocycles. The van der Waals surface area contributed by atoms with Crippen LogP contribution >= 0.6 is 0 Å². The van der Waals surface area contributed by atoms with Crippen LogP contribution in [-0.2, 0) is 0 Å². The Morgan fingerprint density at radius 3 is 3.00 bits per heavy atom. The summed E-state index contributed by atoms with van der Waals surface area (Å²) in [7, 11) is 1.81. The number of rotatable bonds is 3. The lowest BCUT2D eigenvalue weighted by molar-refractivity contribution is 0.212. The second-order valence-corrected chi connectivity index (χ2v) is 3.24. The molecule has 0 saturated carbocycles. The molecule has 14 heavy (non-hydrogen) atoms. The Morgan fingerprint density at radius 1 is 1.50 bits per heavy atom. The van der Waals surface area contributed by atoms with Gasteiger partial charge in [-0.1, -0.05) is 0 Å². The third kappa shape index (κ3) is 2.11. The first-order valence-corrected chi connectivity index (χ1v) is 4.77. The first kappa shape index (κ1) is 9.21. The summed E-state index contributed by atoms with van der Waals surface area (Å²) in [6, 6.07) is 3.68. The predicted octanol–water partition coefficient (Wildman–Crippen LogP) is 0.259. The minimum Gasteiger partial charge on any atom is -0.472 e. The van der Waals surface area contributed by atoms with Crippen molar-refractivity contribution in [3.63, 3.8) is 0 Å². The van der Waals surface area contributed by atoms with Crippen molar-refractivity contribution >= 4 is 5.82 Å². The van der Waals surface area contributed by atoms with Crippen LogP contribution in [-0.4, -0.2) is 36.4 Å².